The minimum Gasteiger partial charge on any atom is -0.325 e. The average molecular weight is 220 g/mol. The summed E-state index contributed by atoms with van der Waals surface area (Å²) in [5.74, 6) is 0.638. The standard InChI is InChI=1S/C10H14N4.C2H6/c1-3-5-7-9(6-4-2)13-10-11-8-12-14-10;1-2/h3-8H,1-2H3,(H2,11,12,13,14);1-2H3/b5-3-,6-4-,9-7+;. The van der Waals surface area contributed by atoms with Crippen molar-refractivity contribution in [3.8, 4) is 0 Å². The van der Waals surface area contributed by atoms with E-state index < -0.39 is 0 Å². The van der Waals surface area contributed by atoms with Gasteiger partial charge in [0.25, 0.3) is 0 Å². The van der Waals surface area contributed by atoms with Gasteiger partial charge in [0.15, 0.2) is 0 Å². The quantitative estimate of drug-likeness (QED) is 0.766. The molecule has 1 heterocycles. The van der Waals surface area contributed by atoms with Gasteiger partial charge in [-0.25, -0.2) is 5.10 Å². The van der Waals surface area contributed by atoms with Crippen molar-refractivity contribution in [3.63, 3.8) is 0 Å². The predicted octanol–water partition coefficient (Wildman–Crippen LogP) is 3.28. The molecule has 4 nitrogen and oxygen atoms in total. The lowest BCUT2D eigenvalue weighted by molar-refractivity contribution is 1.09. The molecule has 1 aromatic rings. The molecule has 2 N–H and O–H groups in total. The first-order valence-electron chi connectivity index (χ1n) is 5.45. The molecule has 0 aliphatic carbocycles. The van der Waals surface area contributed by atoms with Crippen LogP contribution in [0.2, 0.25) is 0 Å². The molecule has 88 valence electrons. The minimum atomic E-state index is 0.638. The first-order valence-corrected chi connectivity index (χ1v) is 5.45. The number of hydrogen-bond donors (Lipinski definition) is 2. The third-order valence-corrected chi connectivity index (χ3v) is 1.49. The van der Waals surface area contributed by atoms with Crippen molar-refractivity contribution in [2.75, 3.05) is 5.32 Å². The summed E-state index contributed by atoms with van der Waals surface area (Å²) in [5.41, 5.74) is 0.961. The average Bonchev–Trinajstić information content (AvgIpc) is 2.82. The monoisotopic (exact) mass is 220 g/mol. The molecule has 0 radical (unpaired) electrons. The highest BCUT2D eigenvalue weighted by molar-refractivity contribution is 5.40. The lowest BCUT2D eigenvalue weighted by Gasteiger charge is -2.01. The molecular formula is C12H20N4. The normalized spacial score (nSPS) is 11.6. The topological polar surface area (TPSA) is 53.6 Å². The van der Waals surface area contributed by atoms with Gasteiger partial charge in [-0.3, -0.25) is 0 Å². The largest absolute Gasteiger partial charge is 0.325 e. The zero-order valence-corrected chi connectivity index (χ0v) is 10.4. The number of aromatic nitrogens is 3. The summed E-state index contributed by atoms with van der Waals surface area (Å²) in [7, 11) is 0. The molecule has 0 atom stereocenters. The van der Waals surface area contributed by atoms with E-state index in [1.807, 2.05) is 58.1 Å². The van der Waals surface area contributed by atoms with Crippen LogP contribution in [0.4, 0.5) is 5.95 Å². The number of nitrogens with one attached hydrogen (secondary N) is 2. The van der Waals surface area contributed by atoms with Gasteiger partial charge in [-0.05, 0) is 26.0 Å². The van der Waals surface area contributed by atoms with Gasteiger partial charge in [-0.1, -0.05) is 32.1 Å². The molecule has 4 heteroatoms. The maximum Gasteiger partial charge on any atom is 0.222 e. The zero-order chi connectivity index (χ0) is 12.2. The summed E-state index contributed by atoms with van der Waals surface area (Å²) >= 11 is 0. The van der Waals surface area contributed by atoms with Gasteiger partial charge in [0.2, 0.25) is 5.95 Å². The van der Waals surface area contributed by atoms with Crippen molar-refractivity contribution in [1.29, 1.82) is 0 Å². The molecule has 16 heavy (non-hydrogen) atoms. The van der Waals surface area contributed by atoms with E-state index in [-0.39, 0.29) is 0 Å². The Bertz CT molecular complexity index is 334. The van der Waals surface area contributed by atoms with E-state index >= 15 is 0 Å². The Hall–Kier alpha value is -1.84. The van der Waals surface area contributed by atoms with Crippen LogP contribution in [0.25, 0.3) is 0 Å². The number of rotatable bonds is 4. The highest BCUT2D eigenvalue weighted by Crippen LogP contribution is 2.02. The van der Waals surface area contributed by atoms with Crippen molar-refractivity contribution in [2.45, 2.75) is 27.7 Å². The number of H-pyrrole nitrogens is 1. The smallest absolute Gasteiger partial charge is 0.222 e. The molecule has 0 bridgehead atoms. The number of anilines is 1. The van der Waals surface area contributed by atoms with Gasteiger partial charge in [0, 0.05) is 5.70 Å². The molecule has 1 aromatic heterocycles. The third-order valence-electron chi connectivity index (χ3n) is 1.49. The summed E-state index contributed by atoms with van der Waals surface area (Å²) < 4.78 is 0. The molecule has 0 amide bonds. The van der Waals surface area contributed by atoms with Gasteiger partial charge >= 0.3 is 0 Å². The van der Waals surface area contributed by atoms with Crippen LogP contribution in [-0.4, -0.2) is 15.2 Å². The van der Waals surface area contributed by atoms with E-state index in [9.17, 15) is 0 Å². The van der Waals surface area contributed by atoms with Gasteiger partial charge < -0.3 is 5.32 Å². The number of nitrogens with zero attached hydrogens (tertiary/aromatic N) is 2. The zero-order valence-electron chi connectivity index (χ0n) is 10.4. The fourth-order valence-electron chi connectivity index (χ4n) is 0.921. The van der Waals surface area contributed by atoms with Gasteiger partial charge in [0.1, 0.15) is 6.33 Å². The van der Waals surface area contributed by atoms with E-state index in [0.717, 1.165) is 5.70 Å². The second-order valence-corrected chi connectivity index (χ2v) is 2.61. The van der Waals surface area contributed by atoms with E-state index in [1.165, 1.54) is 6.33 Å². The number of hydrogen-bond acceptors (Lipinski definition) is 3. The molecule has 0 fully saturated rings. The predicted molar refractivity (Wildman–Crippen MR) is 69.1 cm³/mol. The highest BCUT2D eigenvalue weighted by Gasteiger charge is 1.94. The Balaban J connectivity index is 0.00000106. The van der Waals surface area contributed by atoms with E-state index in [2.05, 4.69) is 20.5 Å². The molecular weight excluding hydrogens is 200 g/mol. The summed E-state index contributed by atoms with van der Waals surface area (Å²) in [6.45, 7) is 7.93. The first kappa shape index (κ1) is 14.2. The molecule has 0 unspecified atom stereocenters. The Morgan fingerprint density at radius 1 is 1.31 bits per heavy atom. The molecule has 0 aromatic carbocycles. The van der Waals surface area contributed by atoms with Crippen LogP contribution in [0.3, 0.4) is 0 Å². The van der Waals surface area contributed by atoms with Gasteiger partial charge in [-0.15, -0.1) is 0 Å². The minimum absolute atomic E-state index is 0.638. The Kier molecular flexibility index (Phi) is 8.59. The van der Waals surface area contributed by atoms with E-state index in [0.29, 0.717) is 5.95 Å². The third kappa shape index (κ3) is 5.80. The molecule has 0 aliphatic heterocycles. The van der Waals surface area contributed by atoms with Gasteiger partial charge in [-0.2, -0.15) is 10.1 Å². The molecule has 0 spiro atoms. The summed E-state index contributed by atoms with van der Waals surface area (Å²) in [6, 6.07) is 0. The molecule has 0 aliphatic rings. The van der Waals surface area contributed by atoms with Gasteiger partial charge in [0.05, 0.1) is 0 Å². The maximum absolute atomic E-state index is 3.97. The van der Waals surface area contributed by atoms with Crippen LogP contribution in [0, 0.1) is 0 Å². The van der Waals surface area contributed by atoms with Crippen LogP contribution < -0.4 is 5.32 Å². The highest BCUT2D eigenvalue weighted by atomic mass is 15.3. The van der Waals surface area contributed by atoms with Crippen molar-refractivity contribution in [3.05, 3.63) is 42.4 Å². The van der Waals surface area contributed by atoms with Crippen molar-refractivity contribution in [2.24, 2.45) is 0 Å². The van der Waals surface area contributed by atoms with Crippen LogP contribution in [-0.2, 0) is 0 Å². The Morgan fingerprint density at radius 2 is 2.06 bits per heavy atom. The maximum atomic E-state index is 3.97. The molecule has 0 saturated heterocycles. The second-order valence-electron chi connectivity index (χ2n) is 2.61. The van der Waals surface area contributed by atoms with Crippen LogP contribution in [0.15, 0.2) is 42.4 Å². The van der Waals surface area contributed by atoms with E-state index in [1.54, 1.807) is 0 Å². The fraction of sp³-hybridized carbons (Fsp3) is 0.333. The SMILES string of the molecule is CC.C\C=C/C=C(\C=C/C)Nc1ncn[nH]1. The van der Waals surface area contributed by atoms with Crippen LogP contribution >= 0.6 is 0 Å². The lowest BCUT2D eigenvalue weighted by atomic mass is 10.3. The molecule has 0 saturated carbocycles. The summed E-state index contributed by atoms with van der Waals surface area (Å²) in [4.78, 5) is 3.97. The van der Waals surface area contributed by atoms with Crippen molar-refractivity contribution in [1.82, 2.24) is 15.2 Å². The van der Waals surface area contributed by atoms with E-state index in [4.69, 9.17) is 0 Å². The fourth-order valence-corrected chi connectivity index (χ4v) is 0.921. The Morgan fingerprint density at radius 3 is 2.56 bits per heavy atom. The first-order chi connectivity index (χ1) is 7.86. The number of allylic oxidation sites excluding steroid dienone is 5. The van der Waals surface area contributed by atoms with Crippen molar-refractivity contribution < 1.29 is 0 Å². The van der Waals surface area contributed by atoms with Crippen LogP contribution in [0.5, 0.6) is 0 Å². The summed E-state index contributed by atoms with van der Waals surface area (Å²) in [6.07, 6.45) is 11.3. The van der Waals surface area contributed by atoms with Crippen molar-refractivity contribution >= 4 is 5.95 Å². The Labute approximate surface area is 97.2 Å². The lowest BCUT2D eigenvalue weighted by Crippen LogP contribution is -1.98. The second kappa shape index (κ2) is 9.71. The molecule has 1 rings (SSSR count). The number of aromatic amines is 1. The van der Waals surface area contributed by atoms with Crippen LogP contribution in [0.1, 0.15) is 27.7 Å². The summed E-state index contributed by atoms with van der Waals surface area (Å²) in [5, 5.41) is 9.57.